The smallest absolute Gasteiger partial charge is 0.251 e. The van der Waals surface area contributed by atoms with Gasteiger partial charge in [0.2, 0.25) is 0 Å². The Bertz CT molecular complexity index is 860. The van der Waals surface area contributed by atoms with Crippen LogP contribution in [0.2, 0.25) is 0 Å². The number of carbonyl (C=O) groups is 1. The van der Waals surface area contributed by atoms with Gasteiger partial charge in [-0.3, -0.25) is 4.79 Å². The van der Waals surface area contributed by atoms with Crippen LogP contribution in [0.5, 0.6) is 0 Å². The monoisotopic (exact) mass is 375 g/mol. The Labute approximate surface area is 155 Å². The Morgan fingerprint density at radius 1 is 1.04 bits per heavy atom. The van der Waals surface area contributed by atoms with E-state index in [4.69, 9.17) is 4.74 Å². The van der Waals surface area contributed by atoms with Gasteiger partial charge < -0.3 is 10.1 Å². The summed E-state index contributed by atoms with van der Waals surface area (Å²) in [5, 5.41) is 2.87. The van der Waals surface area contributed by atoms with E-state index in [1.807, 2.05) is 38.1 Å². The molecule has 140 valence electrons. The zero-order chi connectivity index (χ0) is 19.2. The van der Waals surface area contributed by atoms with Crippen LogP contribution in [0.1, 0.15) is 40.9 Å². The summed E-state index contributed by atoms with van der Waals surface area (Å²) in [4.78, 5) is 12.4. The lowest BCUT2D eigenvalue weighted by molar-refractivity contribution is 0.0657. The molecule has 0 aromatic heterocycles. The highest BCUT2D eigenvalue weighted by Crippen LogP contribution is 2.11. The van der Waals surface area contributed by atoms with Crippen LogP contribution in [0.4, 0.5) is 0 Å². The number of ether oxygens (including phenoxy) is 1. The number of carbonyl (C=O) groups excluding carboxylic acids is 1. The number of amides is 1. The van der Waals surface area contributed by atoms with Gasteiger partial charge in [-0.15, -0.1) is 0 Å². The fourth-order valence-corrected chi connectivity index (χ4v) is 3.27. The molecular formula is C20H25NO4S. The van der Waals surface area contributed by atoms with Gasteiger partial charge in [-0.1, -0.05) is 36.4 Å². The normalized spacial score (nSPS) is 11.5. The van der Waals surface area contributed by atoms with Gasteiger partial charge in [-0.2, -0.15) is 0 Å². The lowest BCUT2D eigenvalue weighted by Crippen LogP contribution is -2.23. The van der Waals surface area contributed by atoms with Crippen molar-refractivity contribution in [2.75, 3.05) is 6.26 Å². The van der Waals surface area contributed by atoms with Crippen LogP contribution in [0.25, 0.3) is 0 Å². The molecular weight excluding hydrogens is 350 g/mol. The third-order valence-corrected chi connectivity index (χ3v) is 4.50. The Morgan fingerprint density at radius 3 is 2.38 bits per heavy atom. The zero-order valence-electron chi connectivity index (χ0n) is 15.4. The van der Waals surface area contributed by atoms with Gasteiger partial charge in [0.15, 0.2) is 9.84 Å². The van der Waals surface area contributed by atoms with E-state index >= 15 is 0 Å². The van der Waals surface area contributed by atoms with Crippen molar-refractivity contribution in [3.8, 4) is 0 Å². The van der Waals surface area contributed by atoms with Crippen LogP contribution in [0.3, 0.4) is 0 Å². The molecule has 1 amide bonds. The molecule has 0 saturated heterocycles. The second-order valence-corrected chi connectivity index (χ2v) is 8.77. The van der Waals surface area contributed by atoms with Crippen LogP contribution in [0.15, 0.2) is 48.5 Å². The first kappa shape index (κ1) is 20.1. The van der Waals surface area contributed by atoms with Crippen LogP contribution in [-0.2, 0) is 33.5 Å². The lowest BCUT2D eigenvalue weighted by atomic mass is 10.1. The first-order valence-electron chi connectivity index (χ1n) is 8.47. The van der Waals surface area contributed by atoms with E-state index in [-0.39, 0.29) is 17.8 Å². The van der Waals surface area contributed by atoms with Gasteiger partial charge in [-0.25, -0.2) is 8.42 Å². The molecule has 5 nitrogen and oxygen atoms in total. The lowest BCUT2D eigenvalue weighted by Gasteiger charge is -2.10. The molecule has 2 rings (SSSR count). The number of nitrogens with one attached hydrogen (secondary N) is 1. The molecule has 2 aromatic rings. The molecule has 2 aromatic carbocycles. The zero-order valence-corrected chi connectivity index (χ0v) is 16.2. The average molecular weight is 375 g/mol. The molecule has 0 fully saturated rings. The van der Waals surface area contributed by atoms with Gasteiger partial charge in [0.1, 0.15) is 0 Å². The molecule has 6 heteroatoms. The highest BCUT2D eigenvalue weighted by molar-refractivity contribution is 7.89. The first-order chi connectivity index (χ1) is 12.2. The summed E-state index contributed by atoms with van der Waals surface area (Å²) in [5.41, 5.74) is 3.09. The predicted molar refractivity (Wildman–Crippen MR) is 103 cm³/mol. The standard InChI is InChI=1S/C20H25NO4S/c1-15(2)25-13-17-7-4-6-16(10-17)12-21-20(22)19-9-5-8-18(11-19)14-26(3,23)24/h4-11,15H,12-14H2,1-3H3,(H,21,22). The van der Waals surface area contributed by atoms with E-state index in [9.17, 15) is 13.2 Å². The maximum Gasteiger partial charge on any atom is 0.251 e. The van der Waals surface area contributed by atoms with Crippen LogP contribution >= 0.6 is 0 Å². The summed E-state index contributed by atoms with van der Waals surface area (Å²) in [7, 11) is -3.13. The molecule has 0 atom stereocenters. The molecule has 0 saturated carbocycles. The SMILES string of the molecule is CC(C)OCc1cccc(CNC(=O)c2cccc(CS(C)(=O)=O)c2)c1. The Balaban J connectivity index is 1.98. The molecule has 0 aliphatic rings. The fourth-order valence-electron chi connectivity index (χ4n) is 2.48. The van der Waals surface area contributed by atoms with Crippen molar-refractivity contribution in [2.45, 2.75) is 38.9 Å². The van der Waals surface area contributed by atoms with Gasteiger partial charge in [0.05, 0.1) is 18.5 Å². The van der Waals surface area contributed by atoms with E-state index in [0.717, 1.165) is 11.1 Å². The van der Waals surface area contributed by atoms with Crippen molar-refractivity contribution in [3.05, 3.63) is 70.8 Å². The molecule has 0 aliphatic heterocycles. The molecule has 0 bridgehead atoms. The van der Waals surface area contributed by atoms with Gasteiger partial charge in [0.25, 0.3) is 5.91 Å². The third kappa shape index (κ3) is 6.98. The summed E-state index contributed by atoms with van der Waals surface area (Å²) in [6.45, 7) is 4.90. The molecule has 0 unspecified atom stereocenters. The highest BCUT2D eigenvalue weighted by atomic mass is 32.2. The fraction of sp³-hybridized carbons (Fsp3) is 0.350. The second-order valence-electron chi connectivity index (χ2n) is 6.63. The largest absolute Gasteiger partial charge is 0.374 e. The quantitative estimate of drug-likeness (QED) is 0.770. The van der Waals surface area contributed by atoms with Crippen molar-refractivity contribution in [2.24, 2.45) is 0 Å². The van der Waals surface area contributed by atoms with Gasteiger partial charge in [-0.05, 0) is 42.7 Å². The van der Waals surface area contributed by atoms with E-state index in [0.29, 0.717) is 24.3 Å². The van der Waals surface area contributed by atoms with Crippen molar-refractivity contribution in [1.82, 2.24) is 5.32 Å². The molecule has 0 radical (unpaired) electrons. The first-order valence-corrected chi connectivity index (χ1v) is 10.5. The molecule has 0 heterocycles. The molecule has 0 spiro atoms. The summed E-state index contributed by atoms with van der Waals surface area (Å²) >= 11 is 0. The van der Waals surface area contributed by atoms with E-state index in [1.165, 1.54) is 6.26 Å². The molecule has 0 aliphatic carbocycles. The maximum atomic E-state index is 12.4. The minimum Gasteiger partial charge on any atom is -0.374 e. The summed E-state index contributed by atoms with van der Waals surface area (Å²) in [6.07, 6.45) is 1.34. The topological polar surface area (TPSA) is 72.5 Å². The molecule has 26 heavy (non-hydrogen) atoms. The third-order valence-electron chi connectivity index (χ3n) is 3.65. The van der Waals surface area contributed by atoms with Gasteiger partial charge >= 0.3 is 0 Å². The highest BCUT2D eigenvalue weighted by Gasteiger charge is 2.09. The maximum absolute atomic E-state index is 12.4. The van der Waals surface area contributed by atoms with Crippen LogP contribution in [0, 0.1) is 0 Å². The van der Waals surface area contributed by atoms with Crippen LogP contribution < -0.4 is 5.32 Å². The second kappa shape index (κ2) is 8.96. The number of hydrogen-bond acceptors (Lipinski definition) is 4. The van der Waals surface area contributed by atoms with Crippen molar-refractivity contribution in [3.63, 3.8) is 0 Å². The Hall–Kier alpha value is -2.18. The predicted octanol–water partition coefficient (Wildman–Crippen LogP) is 3.09. The minimum atomic E-state index is -3.13. The minimum absolute atomic E-state index is 0.0774. The number of sulfone groups is 1. The van der Waals surface area contributed by atoms with E-state index < -0.39 is 9.84 Å². The summed E-state index contributed by atoms with van der Waals surface area (Å²) in [5.74, 6) is -0.310. The summed E-state index contributed by atoms with van der Waals surface area (Å²) < 4.78 is 28.4. The van der Waals surface area contributed by atoms with E-state index in [1.54, 1.807) is 24.3 Å². The Kier molecular flexibility index (Phi) is 6.94. The van der Waals surface area contributed by atoms with Crippen LogP contribution in [-0.4, -0.2) is 26.7 Å². The summed E-state index contributed by atoms with van der Waals surface area (Å²) in [6, 6.07) is 14.6. The number of benzene rings is 2. The van der Waals surface area contributed by atoms with Gasteiger partial charge in [0, 0.05) is 18.4 Å². The Morgan fingerprint density at radius 2 is 1.69 bits per heavy atom. The average Bonchev–Trinajstić information content (AvgIpc) is 2.57. The molecule has 1 N–H and O–H groups in total. The van der Waals surface area contributed by atoms with Crippen molar-refractivity contribution < 1.29 is 17.9 Å². The van der Waals surface area contributed by atoms with E-state index in [2.05, 4.69) is 5.32 Å². The number of rotatable bonds is 8. The number of hydrogen-bond donors (Lipinski definition) is 1. The van der Waals surface area contributed by atoms with Crippen molar-refractivity contribution in [1.29, 1.82) is 0 Å². The van der Waals surface area contributed by atoms with Crippen molar-refractivity contribution >= 4 is 15.7 Å².